The molecule has 0 spiro atoms. The molecule has 1 aliphatic carbocycles. The highest BCUT2D eigenvalue weighted by Crippen LogP contribution is 2.27. The molecule has 1 aliphatic rings. The molecule has 3 heteroatoms. The van der Waals surface area contributed by atoms with Gasteiger partial charge in [0.25, 0.3) is 0 Å². The molecule has 1 saturated carbocycles. The van der Waals surface area contributed by atoms with Crippen LogP contribution in [0.2, 0.25) is 0 Å². The molecule has 2 rings (SSSR count). The second-order valence-electron chi connectivity index (χ2n) is 3.92. The molecule has 3 nitrogen and oxygen atoms in total. The van der Waals surface area contributed by atoms with Crippen molar-refractivity contribution in [3.05, 3.63) is 24.2 Å². The number of ketones is 1. The van der Waals surface area contributed by atoms with Crippen LogP contribution >= 0.6 is 0 Å². The Bertz CT molecular complexity index is 288. The smallest absolute Gasteiger partial charge is 0.151 e. The zero-order chi connectivity index (χ0) is 9.80. The highest BCUT2D eigenvalue weighted by atomic mass is 16.3. The summed E-state index contributed by atoms with van der Waals surface area (Å²) >= 11 is 0. The SMILES string of the molecule is O=C(CNCC1CC1)Cc1ccoc1. The predicted molar refractivity (Wildman–Crippen MR) is 53.0 cm³/mol. The van der Waals surface area contributed by atoms with E-state index in [1.807, 2.05) is 6.07 Å². The number of nitrogens with one attached hydrogen (secondary N) is 1. The van der Waals surface area contributed by atoms with E-state index in [0.29, 0.717) is 13.0 Å². The first-order valence-electron chi connectivity index (χ1n) is 5.08. The lowest BCUT2D eigenvalue weighted by atomic mass is 10.2. The highest BCUT2D eigenvalue weighted by molar-refractivity contribution is 5.82. The minimum atomic E-state index is 0.229. The van der Waals surface area contributed by atoms with E-state index in [0.717, 1.165) is 18.0 Å². The van der Waals surface area contributed by atoms with E-state index >= 15 is 0 Å². The summed E-state index contributed by atoms with van der Waals surface area (Å²) in [6, 6.07) is 1.83. The molecule has 1 N–H and O–H groups in total. The van der Waals surface area contributed by atoms with Crippen molar-refractivity contribution in [1.29, 1.82) is 0 Å². The standard InChI is InChI=1S/C11H15NO2/c13-11(5-10-3-4-14-8-10)7-12-6-9-1-2-9/h3-4,8-9,12H,1-2,5-7H2. The van der Waals surface area contributed by atoms with Crippen LogP contribution in [0, 0.1) is 5.92 Å². The summed E-state index contributed by atoms with van der Waals surface area (Å²) in [5, 5.41) is 3.18. The van der Waals surface area contributed by atoms with Gasteiger partial charge in [-0.25, -0.2) is 0 Å². The van der Waals surface area contributed by atoms with Gasteiger partial charge in [-0.1, -0.05) is 0 Å². The lowest BCUT2D eigenvalue weighted by Gasteiger charge is -2.01. The Hall–Kier alpha value is -1.09. The molecule has 0 radical (unpaired) electrons. The Morgan fingerprint density at radius 2 is 2.43 bits per heavy atom. The summed E-state index contributed by atoms with van der Waals surface area (Å²) in [5.41, 5.74) is 0.961. The predicted octanol–water partition coefficient (Wildman–Crippen LogP) is 1.39. The molecule has 0 saturated heterocycles. The van der Waals surface area contributed by atoms with E-state index < -0.39 is 0 Å². The van der Waals surface area contributed by atoms with Crippen LogP contribution in [-0.4, -0.2) is 18.9 Å². The van der Waals surface area contributed by atoms with E-state index in [-0.39, 0.29) is 5.78 Å². The van der Waals surface area contributed by atoms with Crippen LogP contribution in [0.3, 0.4) is 0 Å². The van der Waals surface area contributed by atoms with E-state index in [9.17, 15) is 4.79 Å². The molecule has 1 heterocycles. The summed E-state index contributed by atoms with van der Waals surface area (Å²) in [6.07, 6.45) is 6.35. The molecular formula is C11H15NO2. The van der Waals surface area contributed by atoms with Crippen LogP contribution in [0.15, 0.2) is 23.0 Å². The van der Waals surface area contributed by atoms with Crippen molar-refractivity contribution >= 4 is 5.78 Å². The zero-order valence-electron chi connectivity index (χ0n) is 8.16. The molecule has 76 valence electrons. The Kier molecular flexibility index (Phi) is 2.99. The fourth-order valence-corrected chi connectivity index (χ4v) is 1.42. The summed E-state index contributed by atoms with van der Waals surface area (Å²) in [4.78, 5) is 11.4. The number of Topliss-reactive ketones (excluding diaryl/α,β-unsaturated/α-hetero) is 1. The van der Waals surface area contributed by atoms with Crippen molar-refractivity contribution in [3.63, 3.8) is 0 Å². The van der Waals surface area contributed by atoms with Gasteiger partial charge in [0.1, 0.15) is 0 Å². The second kappa shape index (κ2) is 4.42. The molecule has 14 heavy (non-hydrogen) atoms. The zero-order valence-corrected chi connectivity index (χ0v) is 8.16. The molecular weight excluding hydrogens is 178 g/mol. The van der Waals surface area contributed by atoms with Gasteiger partial charge >= 0.3 is 0 Å². The summed E-state index contributed by atoms with van der Waals surface area (Å²) in [7, 11) is 0. The van der Waals surface area contributed by atoms with Gasteiger partial charge in [-0.15, -0.1) is 0 Å². The van der Waals surface area contributed by atoms with Crippen LogP contribution in [0.5, 0.6) is 0 Å². The minimum absolute atomic E-state index is 0.229. The molecule has 0 aliphatic heterocycles. The first-order chi connectivity index (χ1) is 6.84. The molecule has 0 bridgehead atoms. The van der Waals surface area contributed by atoms with Crippen molar-refractivity contribution < 1.29 is 9.21 Å². The van der Waals surface area contributed by atoms with Gasteiger partial charge in [-0.2, -0.15) is 0 Å². The fraction of sp³-hybridized carbons (Fsp3) is 0.545. The molecule has 0 amide bonds. The first-order valence-corrected chi connectivity index (χ1v) is 5.08. The van der Waals surface area contributed by atoms with Crippen molar-refractivity contribution in [2.45, 2.75) is 19.3 Å². The van der Waals surface area contributed by atoms with Gasteiger partial charge in [-0.3, -0.25) is 4.79 Å². The Morgan fingerprint density at radius 1 is 1.57 bits per heavy atom. The first kappa shape index (κ1) is 9.46. The van der Waals surface area contributed by atoms with Crippen molar-refractivity contribution in [1.82, 2.24) is 5.32 Å². The van der Waals surface area contributed by atoms with Gasteiger partial charge in [0.05, 0.1) is 19.1 Å². The molecule has 1 aromatic rings. The van der Waals surface area contributed by atoms with Crippen molar-refractivity contribution in [2.75, 3.05) is 13.1 Å². The van der Waals surface area contributed by atoms with Gasteiger partial charge in [0.2, 0.25) is 0 Å². The molecule has 0 unspecified atom stereocenters. The highest BCUT2D eigenvalue weighted by Gasteiger charge is 2.20. The molecule has 0 atom stereocenters. The summed E-state index contributed by atoms with van der Waals surface area (Å²) in [5.74, 6) is 1.06. The maximum atomic E-state index is 11.4. The Balaban J connectivity index is 1.62. The molecule has 0 aromatic carbocycles. The van der Waals surface area contributed by atoms with Crippen LogP contribution in [-0.2, 0) is 11.2 Å². The monoisotopic (exact) mass is 193 g/mol. The number of hydrogen-bond acceptors (Lipinski definition) is 3. The third kappa shape index (κ3) is 3.00. The summed E-state index contributed by atoms with van der Waals surface area (Å²) < 4.78 is 4.90. The Labute approximate surface area is 83.5 Å². The lowest BCUT2D eigenvalue weighted by Crippen LogP contribution is -2.25. The minimum Gasteiger partial charge on any atom is -0.472 e. The van der Waals surface area contributed by atoms with Crippen molar-refractivity contribution in [2.24, 2.45) is 5.92 Å². The second-order valence-corrected chi connectivity index (χ2v) is 3.92. The number of rotatable bonds is 6. The van der Waals surface area contributed by atoms with Crippen LogP contribution in [0.1, 0.15) is 18.4 Å². The van der Waals surface area contributed by atoms with E-state index in [4.69, 9.17) is 4.42 Å². The van der Waals surface area contributed by atoms with Gasteiger partial charge in [-0.05, 0) is 36.9 Å². The van der Waals surface area contributed by atoms with Gasteiger partial charge in [0.15, 0.2) is 5.78 Å². The lowest BCUT2D eigenvalue weighted by molar-refractivity contribution is -0.117. The summed E-state index contributed by atoms with van der Waals surface area (Å²) in [6.45, 7) is 1.48. The van der Waals surface area contributed by atoms with Crippen molar-refractivity contribution in [3.8, 4) is 0 Å². The number of carbonyl (C=O) groups excluding carboxylic acids is 1. The number of carbonyl (C=O) groups is 1. The van der Waals surface area contributed by atoms with Crippen LogP contribution in [0.4, 0.5) is 0 Å². The van der Waals surface area contributed by atoms with Crippen LogP contribution in [0.25, 0.3) is 0 Å². The van der Waals surface area contributed by atoms with E-state index in [2.05, 4.69) is 5.32 Å². The number of furan rings is 1. The van der Waals surface area contributed by atoms with Crippen LogP contribution < -0.4 is 5.32 Å². The van der Waals surface area contributed by atoms with Gasteiger partial charge in [0, 0.05) is 6.42 Å². The normalized spacial score (nSPS) is 15.7. The maximum absolute atomic E-state index is 11.4. The average molecular weight is 193 g/mol. The third-order valence-corrected chi connectivity index (χ3v) is 2.43. The quantitative estimate of drug-likeness (QED) is 0.742. The van der Waals surface area contributed by atoms with E-state index in [1.54, 1.807) is 12.5 Å². The van der Waals surface area contributed by atoms with Gasteiger partial charge < -0.3 is 9.73 Å². The average Bonchev–Trinajstić information content (AvgIpc) is 2.83. The maximum Gasteiger partial charge on any atom is 0.151 e. The Morgan fingerprint density at radius 3 is 3.07 bits per heavy atom. The molecule has 1 fully saturated rings. The topological polar surface area (TPSA) is 42.2 Å². The largest absolute Gasteiger partial charge is 0.472 e. The van der Waals surface area contributed by atoms with E-state index in [1.165, 1.54) is 12.8 Å². The molecule has 1 aromatic heterocycles. The number of hydrogen-bond donors (Lipinski definition) is 1. The fourth-order valence-electron chi connectivity index (χ4n) is 1.42. The third-order valence-electron chi connectivity index (χ3n) is 2.43.